The summed E-state index contributed by atoms with van der Waals surface area (Å²) in [5.41, 5.74) is 0.240. The standard InChI is InChI=1S/C20H26N2O4/c1-14-8-9-17(15(2)21-14)26-20(19(24)25)10-12-22(13-11-20)18(23)16-6-4-3-5-7-16/h3-4,8-9,16H,5-7,10-13H2,1-2H3,(H,24,25). The lowest BCUT2D eigenvalue weighted by Crippen LogP contribution is -2.55. The number of hydrogen-bond donors (Lipinski definition) is 1. The van der Waals surface area contributed by atoms with Gasteiger partial charge in [0, 0.05) is 37.5 Å². The van der Waals surface area contributed by atoms with E-state index in [1.54, 1.807) is 11.0 Å². The molecule has 1 N–H and O–H groups in total. The van der Waals surface area contributed by atoms with E-state index >= 15 is 0 Å². The van der Waals surface area contributed by atoms with Crippen molar-refractivity contribution in [2.24, 2.45) is 5.92 Å². The number of rotatable bonds is 4. The van der Waals surface area contributed by atoms with E-state index in [4.69, 9.17) is 4.74 Å². The van der Waals surface area contributed by atoms with Crippen LogP contribution in [0.25, 0.3) is 0 Å². The second-order valence-corrected chi connectivity index (χ2v) is 7.24. The number of likely N-dealkylation sites (tertiary alicyclic amines) is 1. The van der Waals surface area contributed by atoms with Gasteiger partial charge in [-0.2, -0.15) is 0 Å². The van der Waals surface area contributed by atoms with Gasteiger partial charge in [-0.05, 0) is 45.2 Å². The lowest BCUT2D eigenvalue weighted by Gasteiger charge is -2.40. The molecule has 1 aliphatic carbocycles. The molecule has 0 radical (unpaired) electrons. The summed E-state index contributed by atoms with van der Waals surface area (Å²) < 4.78 is 5.95. The first-order valence-corrected chi connectivity index (χ1v) is 9.22. The minimum Gasteiger partial charge on any atom is -0.478 e. The monoisotopic (exact) mass is 358 g/mol. The average Bonchev–Trinajstić information content (AvgIpc) is 2.64. The summed E-state index contributed by atoms with van der Waals surface area (Å²) >= 11 is 0. The molecule has 6 nitrogen and oxygen atoms in total. The molecule has 0 bridgehead atoms. The number of carboxylic acid groups (broad SMARTS) is 1. The lowest BCUT2D eigenvalue weighted by molar-refractivity contribution is -0.162. The van der Waals surface area contributed by atoms with Gasteiger partial charge in [0.25, 0.3) is 0 Å². The molecule has 1 aromatic rings. The molecule has 2 aliphatic rings. The fraction of sp³-hybridized carbons (Fsp3) is 0.550. The van der Waals surface area contributed by atoms with Crippen LogP contribution < -0.4 is 4.74 Å². The van der Waals surface area contributed by atoms with E-state index in [1.807, 2.05) is 19.9 Å². The molecule has 6 heteroatoms. The van der Waals surface area contributed by atoms with E-state index in [2.05, 4.69) is 17.1 Å². The van der Waals surface area contributed by atoms with Crippen LogP contribution in [0.4, 0.5) is 0 Å². The number of amides is 1. The van der Waals surface area contributed by atoms with E-state index in [9.17, 15) is 14.7 Å². The van der Waals surface area contributed by atoms with Crippen LogP contribution >= 0.6 is 0 Å². The number of carboxylic acids is 1. The first-order chi connectivity index (χ1) is 12.4. The summed E-state index contributed by atoms with van der Waals surface area (Å²) in [6.07, 6.45) is 7.33. The van der Waals surface area contributed by atoms with E-state index in [0.717, 1.165) is 25.0 Å². The third kappa shape index (κ3) is 3.74. The molecular formula is C20H26N2O4. The SMILES string of the molecule is Cc1ccc(OC2(C(=O)O)CCN(C(=O)C3CC=CCC3)CC2)c(C)n1. The Bertz CT molecular complexity index is 721. The molecule has 0 aromatic carbocycles. The Morgan fingerprint density at radius 1 is 1.23 bits per heavy atom. The Hall–Kier alpha value is -2.37. The Kier molecular flexibility index (Phi) is 5.30. The fourth-order valence-electron chi connectivity index (χ4n) is 3.72. The highest BCUT2D eigenvalue weighted by Crippen LogP contribution is 2.32. The van der Waals surface area contributed by atoms with Crippen molar-refractivity contribution in [3.8, 4) is 5.75 Å². The number of aliphatic carboxylic acids is 1. The quantitative estimate of drug-likeness (QED) is 0.837. The highest BCUT2D eigenvalue weighted by atomic mass is 16.5. The Morgan fingerprint density at radius 2 is 1.96 bits per heavy atom. The Balaban J connectivity index is 1.69. The van der Waals surface area contributed by atoms with Crippen molar-refractivity contribution in [1.82, 2.24) is 9.88 Å². The second-order valence-electron chi connectivity index (χ2n) is 7.24. The minimum absolute atomic E-state index is 0.0294. The number of carbonyl (C=O) groups excluding carboxylic acids is 1. The van der Waals surface area contributed by atoms with Crippen LogP contribution in [0.3, 0.4) is 0 Å². The van der Waals surface area contributed by atoms with Crippen LogP contribution in [-0.2, 0) is 9.59 Å². The molecule has 0 saturated carbocycles. The molecule has 3 rings (SSSR count). The van der Waals surface area contributed by atoms with Crippen molar-refractivity contribution in [3.05, 3.63) is 35.7 Å². The minimum atomic E-state index is -1.30. The number of piperidine rings is 1. The second kappa shape index (κ2) is 7.48. The van der Waals surface area contributed by atoms with Crippen LogP contribution in [0, 0.1) is 19.8 Å². The highest BCUT2D eigenvalue weighted by molar-refractivity contribution is 5.81. The van der Waals surface area contributed by atoms with E-state index in [0.29, 0.717) is 24.5 Å². The van der Waals surface area contributed by atoms with E-state index < -0.39 is 11.6 Å². The number of pyridine rings is 1. The largest absolute Gasteiger partial charge is 0.478 e. The molecule has 1 saturated heterocycles. The van der Waals surface area contributed by atoms with E-state index in [-0.39, 0.29) is 24.7 Å². The van der Waals surface area contributed by atoms with Crippen molar-refractivity contribution in [2.75, 3.05) is 13.1 Å². The maximum Gasteiger partial charge on any atom is 0.348 e. The predicted octanol–water partition coefficient (Wildman–Crippen LogP) is 2.88. The summed E-state index contributed by atoms with van der Waals surface area (Å²) in [6, 6.07) is 3.58. The van der Waals surface area contributed by atoms with Gasteiger partial charge in [0.15, 0.2) is 0 Å². The fourth-order valence-corrected chi connectivity index (χ4v) is 3.72. The summed E-state index contributed by atoms with van der Waals surface area (Å²) in [4.78, 5) is 30.8. The number of allylic oxidation sites excluding steroid dienone is 2. The Labute approximate surface area is 153 Å². The third-order valence-corrected chi connectivity index (χ3v) is 5.37. The molecule has 1 aliphatic heterocycles. The zero-order chi connectivity index (χ0) is 18.7. The summed E-state index contributed by atoms with van der Waals surface area (Å²) in [5, 5.41) is 9.81. The molecule has 0 spiro atoms. The first-order valence-electron chi connectivity index (χ1n) is 9.22. The molecule has 26 heavy (non-hydrogen) atoms. The van der Waals surface area contributed by atoms with Gasteiger partial charge in [0.1, 0.15) is 5.75 Å². The maximum absolute atomic E-state index is 12.7. The van der Waals surface area contributed by atoms with Crippen LogP contribution in [0.2, 0.25) is 0 Å². The molecule has 1 unspecified atom stereocenters. The molecule has 2 heterocycles. The molecule has 1 atom stereocenters. The van der Waals surface area contributed by atoms with Gasteiger partial charge in [0.2, 0.25) is 11.5 Å². The number of nitrogens with zero attached hydrogens (tertiary/aromatic N) is 2. The number of ether oxygens (including phenoxy) is 1. The van der Waals surface area contributed by atoms with Crippen LogP contribution in [-0.4, -0.2) is 45.6 Å². The van der Waals surface area contributed by atoms with Gasteiger partial charge in [0.05, 0.1) is 5.69 Å². The zero-order valence-electron chi connectivity index (χ0n) is 15.4. The van der Waals surface area contributed by atoms with Crippen molar-refractivity contribution in [1.29, 1.82) is 0 Å². The van der Waals surface area contributed by atoms with Crippen molar-refractivity contribution in [2.45, 2.75) is 51.6 Å². The van der Waals surface area contributed by atoms with Crippen molar-refractivity contribution >= 4 is 11.9 Å². The first kappa shape index (κ1) is 18.4. The van der Waals surface area contributed by atoms with Crippen LogP contribution in [0.1, 0.15) is 43.5 Å². The van der Waals surface area contributed by atoms with Gasteiger partial charge in [-0.1, -0.05) is 12.2 Å². The number of aryl methyl sites for hydroxylation is 2. The van der Waals surface area contributed by atoms with Gasteiger partial charge in [-0.15, -0.1) is 0 Å². The summed E-state index contributed by atoms with van der Waals surface area (Å²) in [6.45, 7) is 4.51. The summed E-state index contributed by atoms with van der Waals surface area (Å²) in [7, 11) is 0. The van der Waals surface area contributed by atoms with Gasteiger partial charge >= 0.3 is 5.97 Å². The molecular weight excluding hydrogens is 332 g/mol. The van der Waals surface area contributed by atoms with Crippen molar-refractivity contribution in [3.63, 3.8) is 0 Å². The molecule has 1 aromatic heterocycles. The lowest BCUT2D eigenvalue weighted by atomic mass is 9.88. The predicted molar refractivity (Wildman–Crippen MR) is 97.0 cm³/mol. The average molecular weight is 358 g/mol. The van der Waals surface area contributed by atoms with Crippen LogP contribution in [0.15, 0.2) is 24.3 Å². The molecule has 1 amide bonds. The third-order valence-electron chi connectivity index (χ3n) is 5.37. The van der Waals surface area contributed by atoms with Crippen molar-refractivity contribution < 1.29 is 19.4 Å². The smallest absolute Gasteiger partial charge is 0.348 e. The molecule has 140 valence electrons. The van der Waals surface area contributed by atoms with Gasteiger partial charge in [-0.3, -0.25) is 9.78 Å². The number of aromatic nitrogens is 1. The normalized spacial score (nSPS) is 22.1. The molecule has 1 fully saturated rings. The Morgan fingerprint density at radius 3 is 2.54 bits per heavy atom. The zero-order valence-corrected chi connectivity index (χ0v) is 15.4. The highest BCUT2D eigenvalue weighted by Gasteiger charge is 2.45. The topological polar surface area (TPSA) is 79.7 Å². The number of carbonyl (C=O) groups is 2. The van der Waals surface area contributed by atoms with Gasteiger partial charge in [-0.25, -0.2) is 4.79 Å². The van der Waals surface area contributed by atoms with Gasteiger partial charge < -0.3 is 14.7 Å². The van der Waals surface area contributed by atoms with Crippen LogP contribution in [0.5, 0.6) is 5.75 Å². The van der Waals surface area contributed by atoms with E-state index in [1.165, 1.54) is 0 Å². The maximum atomic E-state index is 12.7. The summed E-state index contributed by atoms with van der Waals surface area (Å²) in [5.74, 6) is -0.316. The number of hydrogen-bond acceptors (Lipinski definition) is 4.